The van der Waals surface area contributed by atoms with Crippen LogP contribution in [0.3, 0.4) is 0 Å². The van der Waals surface area contributed by atoms with Gasteiger partial charge in [-0.1, -0.05) is 6.07 Å². The molecule has 1 aromatic carbocycles. The van der Waals surface area contributed by atoms with Crippen molar-refractivity contribution in [2.45, 2.75) is 18.7 Å². The third-order valence-electron chi connectivity index (χ3n) is 2.93. The zero-order valence-electron chi connectivity index (χ0n) is 9.30. The number of fused-ring (bicyclic) bond motifs is 1. The number of benzene rings is 1. The van der Waals surface area contributed by atoms with Gasteiger partial charge < -0.3 is 19.6 Å². The standard InChI is InChI=1S/C11H10BFO5/c13-8-2-1-6-5-7(3-4-14)12(17)18-10(6)9(8)11(15)16/h1-2,4,7,17H,3,5H2,(H,15,16)/t7-/m0/s1. The first kappa shape index (κ1) is 12.6. The third-order valence-corrected chi connectivity index (χ3v) is 2.93. The SMILES string of the molecule is O=CC[C@H]1Cc2ccc(F)c(C(=O)O)c2OB1O. The lowest BCUT2D eigenvalue weighted by Gasteiger charge is -2.27. The zero-order valence-corrected chi connectivity index (χ0v) is 9.30. The van der Waals surface area contributed by atoms with Gasteiger partial charge in [0.25, 0.3) is 0 Å². The van der Waals surface area contributed by atoms with Crippen LogP contribution in [-0.4, -0.2) is 29.5 Å². The number of carbonyl (C=O) groups excluding carboxylic acids is 1. The van der Waals surface area contributed by atoms with Crippen LogP contribution in [0, 0.1) is 5.82 Å². The molecule has 0 fully saturated rings. The molecule has 18 heavy (non-hydrogen) atoms. The number of halogens is 1. The maximum Gasteiger partial charge on any atom is 0.526 e. The second-order valence-corrected chi connectivity index (χ2v) is 4.09. The van der Waals surface area contributed by atoms with E-state index in [0.29, 0.717) is 11.8 Å². The van der Waals surface area contributed by atoms with Crippen molar-refractivity contribution in [3.63, 3.8) is 0 Å². The van der Waals surface area contributed by atoms with Crippen LogP contribution in [0.1, 0.15) is 22.3 Å². The molecule has 1 aromatic rings. The Labute approximate surface area is 102 Å². The van der Waals surface area contributed by atoms with E-state index in [1.807, 2.05) is 0 Å². The molecule has 0 saturated carbocycles. The van der Waals surface area contributed by atoms with Crippen LogP contribution in [0.2, 0.25) is 5.82 Å². The summed E-state index contributed by atoms with van der Waals surface area (Å²) in [5.74, 6) is -2.97. The average Bonchev–Trinajstić information content (AvgIpc) is 2.30. The molecule has 0 radical (unpaired) electrons. The normalized spacial score (nSPS) is 17.9. The molecule has 0 spiro atoms. The summed E-state index contributed by atoms with van der Waals surface area (Å²) in [6.07, 6.45) is 1.03. The van der Waals surface area contributed by atoms with Crippen LogP contribution < -0.4 is 4.65 Å². The summed E-state index contributed by atoms with van der Waals surface area (Å²) in [7, 11) is -1.30. The predicted molar refractivity (Wildman–Crippen MR) is 60.1 cm³/mol. The smallest absolute Gasteiger partial charge is 0.526 e. The van der Waals surface area contributed by atoms with Crippen LogP contribution in [0.15, 0.2) is 12.1 Å². The van der Waals surface area contributed by atoms with E-state index in [1.165, 1.54) is 6.07 Å². The van der Waals surface area contributed by atoms with Gasteiger partial charge >= 0.3 is 13.1 Å². The maximum atomic E-state index is 13.4. The minimum Gasteiger partial charge on any atom is -0.535 e. The van der Waals surface area contributed by atoms with Crippen molar-refractivity contribution in [2.75, 3.05) is 0 Å². The molecule has 5 nitrogen and oxygen atoms in total. The van der Waals surface area contributed by atoms with Gasteiger partial charge in [-0.15, -0.1) is 0 Å². The molecule has 1 aliphatic rings. The molecule has 1 heterocycles. The van der Waals surface area contributed by atoms with Gasteiger partial charge in [-0.2, -0.15) is 0 Å². The Morgan fingerprint density at radius 3 is 2.94 bits per heavy atom. The highest BCUT2D eigenvalue weighted by atomic mass is 19.1. The number of hydrogen-bond acceptors (Lipinski definition) is 4. The van der Waals surface area contributed by atoms with Gasteiger partial charge in [0, 0.05) is 12.2 Å². The molecule has 7 heteroatoms. The lowest BCUT2D eigenvalue weighted by atomic mass is 9.65. The maximum absolute atomic E-state index is 13.4. The van der Waals surface area contributed by atoms with E-state index in [4.69, 9.17) is 9.76 Å². The molecular formula is C11H10BFO5. The molecule has 1 atom stereocenters. The van der Waals surface area contributed by atoms with Crippen molar-refractivity contribution in [3.05, 3.63) is 29.1 Å². The number of rotatable bonds is 3. The van der Waals surface area contributed by atoms with Crippen molar-refractivity contribution in [1.82, 2.24) is 0 Å². The quantitative estimate of drug-likeness (QED) is 0.616. The Morgan fingerprint density at radius 2 is 2.33 bits per heavy atom. The fourth-order valence-corrected chi connectivity index (χ4v) is 2.02. The fourth-order valence-electron chi connectivity index (χ4n) is 2.02. The van der Waals surface area contributed by atoms with Crippen LogP contribution in [0.4, 0.5) is 4.39 Å². The Balaban J connectivity index is 2.44. The van der Waals surface area contributed by atoms with E-state index in [9.17, 15) is 19.0 Å². The number of carboxylic acids is 1. The van der Waals surface area contributed by atoms with E-state index in [-0.39, 0.29) is 18.6 Å². The van der Waals surface area contributed by atoms with E-state index in [0.717, 1.165) is 6.07 Å². The molecule has 0 aliphatic carbocycles. The highest BCUT2D eigenvalue weighted by Gasteiger charge is 2.37. The van der Waals surface area contributed by atoms with Crippen molar-refractivity contribution in [3.8, 4) is 5.75 Å². The predicted octanol–water partition coefficient (Wildman–Crippen LogP) is 0.898. The molecule has 94 valence electrons. The lowest BCUT2D eigenvalue weighted by molar-refractivity contribution is -0.108. The fraction of sp³-hybridized carbons (Fsp3) is 0.273. The summed E-state index contributed by atoms with van der Waals surface area (Å²) in [5.41, 5.74) is -0.109. The highest BCUT2D eigenvalue weighted by Crippen LogP contribution is 2.36. The van der Waals surface area contributed by atoms with Crippen LogP contribution in [0.25, 0.3) is 0 Å². The largest absolute Gasteiger partial charge is 0.535 e. The topological polar surface area (TPSA) is 83.8 Å². The van der Waals surface area contributed by atoms with E-state index >= 15 is 0 Å². The van der Waals surface area contributed by atoms with Crippen molar-refractivity contribution >= 4 is 19.4 Å². The van der Waals surface area contributed by atoms with Crippen molar-refractivity contribution < 1.29 is 28.8 Å². The van der Waals surface area contributed by atoms with Crippen LogP contribution in [-0.2, 0) is 11.2 Å². The van der Waals surface area contributed by atoms with Gasteiger partial charge in [-0.05, 0) is 18.1 Å². The molecule has 0 unspecified atom stereocenters. The minimum atomic E-state index is -1.45. The second-order valence-electron chi connectivity index (χ2n) is 4.09. The molecular weight excluding hydrogens is 242 g/mol. The summed E-state index contributed by atoms with van der Waals surface area (Å²) >= 11 is 0. The summed E-state index contributed by atoms with van der Waals surface area (Å²) in [5, 5.41) is 18.6. The summed E-state index contributed by atoms with van der Waals surface area (Å²) in [6.45, 7) is 0. The van der Waals surface area contributed by atoms with Crippen molar-refractivity contribution in [1.29, 1.82) is 0 Å². The zero-order chi connectivity index (χ0) is 13.3. The summed E-state index contributed by atoms with van der Waals surface area (Å²) in [4.78, 5) is 21.4. The molecule has 1 aliphatic heterocycles. The van der Waals surface area contributed by atoms with Crippen LogP contribution >= 0.6 is 0 Å². The van der Waals surface area contributed by atoms with E-state index in [1.54, 1.807) is 0 Å². The van der Waals surface area contributed by atoms with Crippen molar-refractivity contribution in [2.24, 2.45) is 0 Å². The average molecular weight is 252 g/mol. The molecule has 0 amide bonds. The van der Waals surface area contributed by atoms with Crippen LogP contribution in [0.5, 0.6) is 5.75 Å². The van der Waals surface area contributed by atoms with Gasteiger partial charge in [0.2, 0.25) is 0 Å². The number of carboxylic acid groups (broad SMARTS) is 1. The molecule has 2 rings (SSSR count). The second kappa shape index (κ2) is 4.77. The Morgan fingerprint density at radius 1 is 1.61 bits per heavy atom. The number of hydrogen-bond donors (Lipinski definition) is 2. The number of aromatic carboxylic acids is 1. The van der Waals surface area contributed by atoms with Gasteiger partial charge in [0.05, 0.1) is 0 Å². The first-order chi connectivity index (χ1) is 8.54. The van der Waals surface area contributed by atoms with Gasteiger partial charge in [0.1, 0.15) is 23.4 Å². The summed E-state index contributed by atoms with van der Waals surface area (Å²) < 4.78 is 18.4. The molecule has 2 N–H and O–H groups in total. The van der Waals surface area contributed by atoms with Gasteiger partial charge in [0.15, 0.2) is 0 Å². The lowest BCUT2D eigenvalue weighted by Crippen LogP contribution is -2.35. The molecule has 0 bridgehead atoms. The minimum absolute atomic E-state index is 0.0976. The Bertz CT molecular complexity index is 504. The number of aldehydes is 1. The Kier molecular flexibility index (Phi) is 3.33. The van der Waals surface area contributed by atoms with E-state index in [2.05, 4.69) is 0 Å². The highest BCUT2D eigenvalue weighted by molar-refractivity contribution is 6.46. The molecule has 0 aromatic heterocycles. The first-order valence-electron chi connectivity index (χ1n) is 5.37. The first-order valence-corrected chi connectivity index (χ1v) is 5.37. The monoisotopic (exact) mass is 252 g/mol. The summed E-state index contributed by atoms with van der Waals surface area (Å²) in [6, 6.07) is 2.45. The molecule has 0 saturated heterocycles. The number of carbonyl (C=O) groups is 2. The Hall–Kier alpha value is -1.89. The van der Waals surface area contributed by atoms with Gasteiger partial charge in [-0.3, -0.25) is 0 Å². The van der Waals surface area contributed by atoms with Gasteiger partial charge in [-0.25, -0.2) is 9.18 Å². The third kappa shape index (κ3) is 2.09. The van der Waals surface area contributed by atoms with E-state index < -0.39 is 30.3 Å².